The van der Waals surface area contributed by atoms with E-state index in [-0.39, 0.29) is 0 Å². The number of pyridine rings is 2. The number of aromatic nitrogens is 3. The molecule has 9 heteroatoms. The van der Waals surface area contributed by atoms with E-state index in [1.54, 1.807) is 23.4 Å². The van der Waals surface area contributed by atoms with Crippen molar-refractivity contribution in [1.82, 2.24) is 14.5 Å². The lowest BCUT2D eigenvalue weighted by atomic mass is 10.2. The van der Waals surface area contributed by atoms with Gasteiger partial charge >= 0.3 is 6.09 Å². The molecule has 176 valence electrons. The summed E-state index contributed by atoms with van der Waals surface area (Å²) in [6.45, 7) is 15.8. The number of amides is 1. The number of nitrogens with zero attached hydrogens (tertiary/aromatic N) is 5. The van der Waals surface area contributed by atoms with Gasteiger partial charge in [0.25, 0.3) is 0 Å². The third-order valence-electron chi connectivity index (χ3n) is 5.14. The van der Waals surface area contributed by atoms with Crippen LogP contribution in [0.5, 0.6) is 0 Å². The van der Waals surface area contributed by atoms with Crippen molar-refractivity contribution in [3.8, 4) is 6.07 Å². The zero-order chi connectivity index (χ0) is 24.4. The van der Waals surface area contributed by atoms with Gasteiger partial charge in [-0.3, -0.25) is 9.47 Å². The summed E-state index contributed by atoms with van der Waals surface area (Å²) in [5, 5.41) is 11.0. The molecule has 3 rings (SSSR count). The summed E-state index contributed by atoms with van der Waals surface area (Å²) in [4.78, 5) is 23.2. The summed E-state index contributed by atoms with van der Waals surface area (Å²) < 4.78 is 13.5. The van der Waals surface area contributed by atoms with E-state index in [4.69, 9.17) is 9.47 Å². The van der Waals surface area contributed by atoms with Crippen LogP contribution in [0.1, 0.15) is 33.4 Å². The molecule has 0 unspecified atom stereocenters. The van der Waals surface area contributed by atoms with Crippen LogP contribution in [-0.4, -0.2) is 47.5 Å². The molecule has 0 radical (unpaired) electrons. The molecule has 1 amide bonds. The maximum Gasteiger partial charge on any atom is 0.414 e. The fourth-order valence-electron chi connectivity index (χ4n) is 3.46. The Labute approximate surface area is 196 Å². The molecule has 33 heavy (non-hydrogen) atoms. The van der Waals surface area contributed by atoms with Crippen LogP contribution < -0.4 is 4.90 Å². The van der Waals surface area contributed by atoms with Gasteiger partial charge in [-0.05, 0) is 45.9 Å². The van der Waals surface area contributed by atoms with Crippen LogP contribution in [0.3, 0.4) is 0 Å². The van der Waals surface area contributed by atoms with Crippen LogP contribution >= 0.6 is 0 Å². The standard InChI is InChI=1S/C24H33N5O3Si/c1-8-28(23(30)32-24(2,3)4)18-12-20-19-11-17(13-25)26-15-21(19)29(22(20)27-14-18)16-31-9-10-33(5,6)7/h11-12,14-15H,8-10,16H2,1-7H3. The highest BCUT2D eigenvalue weighted by atomic mass is 28.3. The minimum absolute atomic E-state index is 0.325. The molecule has 3 aromatic heterocycles. The Balaban J connectivity index is 2.04. The van der Waals surface area contributed by atoms with E-state index in [1.165, 1.54) is 0 Å². The zero-order valence-corrected chi connectivity index (χ0v) is 21.6. The average molecular weight is 468 g/mol. The Morgan fingerprint density at radius 3 is 2.52 bits per heavy atom. The van der Waals surface area contributed by atoms with E-state index in [0.717, 1.165) is 28.0 Å². The zero-order valence-electron chi connectivity index (χ0n) is 20.6. The third kappa shape index (κ3) is 5.89. The van der Waals surface area contributed by atoms with E-state index in [9.17, 15) is 10.1 Å². The fraction of sp³-hybridized carbons (Fsp3) is 0.500. The van der Waals surface area contributed by atoms with Crippen molar-refractivity contribution in [3.63, 3.8) is 0 Å². The predicted molar refractivity (Wildman–Crippen MR) is 133 cm³/mol. The first-order valence-electron chi connectivity index (χ1n) is 11.2. The summed E-state index contributed by atoms with van der Waals surface area (Å²) in [7, 11) is -1.20. The molecule has 0 atom stereocenters. The molecule has 3 aromatic rings. The van der Waals surface area contributed by atoms with Crippen LogP contribution in [0.2, 0.25) is 25.7 Å². The van der Waals surface area contributed by atoms with Gasteiger partial charge in [0.2, 0.25) is 0 Å². The average Bonchev–Trinajstić information content (AvgIpc) is 3.02. The highest BCUT2D eigenvalue weighted by molar-refractivity contribution is 6.76. The minimum Gasteiger partial charge on any atom is -0.443 e. The van der Waals surface area contributed by atoms with Gasteiger partial charge in [-0.1, -0.05) is 19.6 Å². The number of fused-ring (bicyclic) bond motifs is 3. The second-order valence-corrected chi connectivity index (χ2v) is 15.9. The van der Waals surface area contributed by atoms with Gasteiger partial charge in [0.15, 0.2) is 0 Å². The molecular weight excluding hydrogens is 434 g/mol. The summed E-state index contributed by atoms with van der Waals surface area (Å²) in [6, 6.07) is 6.84. The number of nitriles is 1. The monoisotopic (exact) mass is 467 g/mol. The number of rotatable bonds is 7. The van der Waals surface area contributed by atoms with Crippen molar-refractivity contribution in [1.29, 1.82) is 5.26 Å². The second kappa shape index (κ2) is 9.49. The van der Waals surface area contributed by atoms with Crippen LogP contribution in [-0.2, 0) is 16.2 Å². The van der Waals surface area contributed by atoms with Gasteiger partial charge in [-0.2, -0.15) is 5.26 Å². The van der Waals surface area contributed by atoms with E-state index < -0.39 is 19.8 Å². The number of hydrogen-bond donors (Lipinski definition) is 0. The van der Waals surface area contributed by atoms with E-state index in [1.807, 2.05) is 38.3 Å². The third-order valence-corrected chi connectivity index (χ3v) is 6.85. The molecular formula is C24H33N5O3Si. The largest absolute Gasteiger partial charge is 0.443 e. The maximum absolute atomic E-state index is 12.8. The normalized spacial score (nSPS) is 12.2. The SMILES string of the molecule is CCN(C(=O)OC(C)(C)C)c1cnc2c(c1)c1cc(C#N)ncc1n2COCC[Si](C)(C)C. The molecule has 0 bridgehead atoms. The lowest BCUT2D eigenvalue weighted by molar-refractivity contribution is 0.0582. The van der Waals surface area contributed by atoms with Gasteiger partial charge in [0.1, 0.15) is 29.7 Å². The molecule has 0 saturated carbocycles. The Morgan fingerprint density at radius 1 is 1.18 bits per heavy atom. The quantitative estimate of drug-likeness (QED) is 0.335. The van der Waals surface area contributed by atoms with E-state index in [2.05, 4.69) is 35.7 Å². The summed E-state index contributed by atoms with van der Waals surface area (Å²) in [5.74, 6) is 0. The summed E-state index contributed by atoms with van der Waals surface area (Å²) >= 11 is 0. The Morgan fingerprint density at radius 2 is 1.91 bits per heavy atom. The number of carbonyl (C=O) groups is 1. The van der Waals surface area contributed by atoms with Crippen molar-refractivity contribution in [2.24, 2.45) is 0 Å². The first kappa shape index (κ1) is 24.7. The molecule has 0 spiro atoms. The van der Waals surface area contributed by atoms with Crippen molar-refractivity contribution in [2.75, 3.05) is 18.1 Å². The Hall–Kier alpha value is -2.96. The maximum atomic E-state index is 12.8. The first-order chi connectivity index (χ1) is 15.4. The lowest BCUT2D eigenvalue weighted by Crippen LogP contribution is -2.36. The molecule has 0 aliphatic carbocycles. The Kier molecular flexibility index (Phi) is 7.10. The number of carbonyl (C=O) groups excluding carboxylic acids is 1. The molecule has 0 aliphatic heterocycles. The predicted octanol–water partition coefficient (Wildman–Crippen LogP) is 5.53. The number of anilines is 1. The molecule has 8 nitrogen and oxygen atoms in total. The van der Waals surface area contributed by atoms with Crippen molar-refractivity contribution in [3.05, 3.63) is 30.2 Å². The van der Waals surface area contributed by atoms with E-state index >= 15 is 0 Å². The first-order valence-corrected chi connectivity index (χ1v) is 14.9. The second-order valence-electron chi connectivity index (χ2n) is 10.3. The lowest BCUT2D eigenvalue weighted by Gasteiger charge is -2.26. The summed E-state index contributed by atoms with van der Waals surface area (Å²) in [6.07, 6.45) is 2.93. The van der Waals surface area contributed by atoms with Crippen molar-refractivity contribution >= 4 is 41.8 Å². The van der Waals surface area contributed by atoms with Crippen LogP contribution in [0, 0.1) is 11.3 Å². The smallest absolute Gasteiger partial charge is 0.414 e. The number of ether oxygens (including phenoxy) is 2. The van der Waals surface area contributed by atoms with Gasteiger partial charge in [-0.25, -0.2) is 14.8 Å². The van der Waals surface area contributed by atoms with Crippen molar-refractivity contribution < 1.29 is 14.3 Å². The minimum atomic E-state index is -1.20. The van der Waals surface area contributed by atoms with Gasteiger partial charge in [0.05, 0.1) is 23.6 Å². The van der Waals surface area contributed by atoms with E-state index in [0.29, 0.717) is 31.3 Å². The van der Waals surface area contributed by atoms with Crippen molar-refractivity contribution in [2.45, 2.75) is 65.7 Å². The summed E-state index contributed by atoms with van der Waals surface area (Å²) in [5.41, 5.74) is 1.92. The highest BCUT2D eigenvalue weighted by Crippen LogP contribution is 2.31. The highest BCUT2D eigenvalue weighted by Gasteiger charge is 2.24. The fourth-order valence-corrected chi connectivity index (χ4v) is 4.22. The molecule has 0 saturated heterocycles. The Bertz CT molecular complexity index is 1200. The molecule has 0 N–H and O–H groups in total. The van der Waals surface area contributed by atoms with Crippen LogP contribution in [0.25, 0.3) is 21.9 Å². The number of hydrogen-bond acceptors (Lipinski definition) is 6. The van der Waals surface area contributed by atoms with Crippen LogP contribution in [0.15, 0.2) is 24.5 Å². The van der Waals surface area contributed by atoms with Gasteiger partial charge in [0, 0.05) is 32.0 Å². The van der Waals surface area contributed by atoms with Crippen LogP contribution in [0.4, 0.5) is 10.5 Å². The van der Waals surface area contributed by atoms with Gasteiger partial charge < -0.3 is 9.47 Å². The van der Waals surface area contributed by atoms with Gasteiger partial charge in [-0.15, -0.1) is 0 Å². The molecule has 0 aromatic carbocycles. The molecule has 0 aliphatic rings. The molecule has 3 heterocycles. The molecule has 0 fully saturated rings. The topological polar surface area (TPSA) is 93.3 Å².